The van der Waals surface area contributed by atoms with E-state index in [1.54, 1.807) is 25.1 Å². The summed E-state index contributed by atoms with van der Waals surface area (Å²) < 4.78 is 27.5. The van der Waals surface area contributed by atoms with Gasteiger partial charge < -0.3 is 10.6 Å². The standard InChI is InChI=1S/C20H17F2N7O/c1-11-7-18(29-19(25-11)20(3,21)22)28-16-8-17(26-12(2)30)24-10-14(16)15-6-4-5-13(9-23)27-15/h4-8,10H,1-3H3,(H2,24,25,26,28,29,30). The van der Waals surface area contributed by atoms with Crippen LogP contribution >= 0.6 is 0 Å². The van der Waals surface area contributed by atoms with E-state index < -0.39 is 11.7 Å². The van der Waals surface area contributed by atoms with E-state index in [4.69, 9.17) is 5.26 Å². The molecule has 3 aromatic heterocycles. The van der Waals surface area contributed by atoms with Gasteiger partial charge in [-0.2, -0.15) is 14.0 Å². The van der Waals surface area contributed by atoms with Gasteiger partial charge in [0.2, 0.25) is 11.7 Å². The van der Waals surface area contributed by atoms with Crippen molar-refractivity contribution in [3.8, 4) is 17.3 Å². The lowest BCUT2D eigenvalue weighted by Crippen LogP contribution is -2.14. The number of pyridine rings is 2. The van der Waals surface area contributed by atoms with Crippen LogP contribution in [0.25, 0.3) is 11.3 Å². The monoisotopic (exact) mass is 409 g/mol. The molecule has 0 unspecified atom stereocenters. The van der Waals surface area contributed by atoms with Gasteiger partial charge in [-0.25, -0.2) is 19.9 Å². The van der Waals surface area contributed by atoms with E-state index >= 15 is 0 Å². The van der Waals surface area contributed by atoms with Gasteiger partial charge in [0.1, 0.15) is 23.4 Å². The second-order valence-electron chi connectivity index (χ2n) is 6.55. The summed E-state index contributed by atoms with van der Waals surface area (Å²) in [5.74, 6) is -3.77. The van der Waals surface area contributed by atoms with Gasteiger partial charge in [0.05, 0.1) is 11.4 Å². The molecule has 3 aromatic rings. The van der Waals surface area contributed by atoms with Gasteiger partial charge in [0.25, 0.3) is 0 Å². The van der Waals surface area contributed by atoms with Crippen molar-refractivity contribution in [3.63, 3.8) is 0 Å². The number of amides is 1. The summed E-state index contributed by atoms with van der Waals surface area (Å²) in [6.45, 7) is 3.63. The van der Waals surface area contributed by atoms with Crippen LogP contribution in [0, 0.1) is 18.3 Å². The summed E-state index contributed by atoms with van der Waals surface area (Å²) in [6.07, 6.45) is 1.46. The van der Waals surface area contributed by atoms with Crippen LogP contribution in [0.4, 0.5) is 26.1 Å². The molecular weight excluding hydrogens is 392 g/mol. The minimum absolute atomic E-state index is 0.136. The van der Waals surface area contributed by atoms with Crippen LogP contribution in [0.3, 0.4) is 0 Å². The van der Waals surface area contributed by atoms with Gasteiger partial charge in [-0.3, -0.25) is 4.79 Å². The molecule has 0 aromatic carbocycles. The Morgan fingerprint density at radius 3 is 2.60 bits per heavy atom. The van der Waals surface area contributed by atoms with Crippen LogP contribution in [-0.2, 0) is 10.7 Å². The third-order valence-corrected chi connectivity index (χ3v) is 3.86. The molecule has 0 bridgehead atoms. The van der Waals surface area contributed by atoms with Gasteiger partial charge >= 0.3 is 5.92 Å². The van der Waals surface area contributed by atoms with Gasteiger partial charge in [-0.15, -0.1) is 0 Å². The predicted molar refractivity (Wildman–Crippen MR) is 106 cm³/mol. The Labute approximate surface area is 171 Å². The number of halogens is 2. The molecule has 2 N–H and O–H groups in total. The SMILES string of the molecule is CC(=O)Nc1cc(Nc2cc(C)nc(C(C)(F)F)n2)c(-c2cccc(C#N)n2)cn1. The number of carbonyl (C=O) groups excluding carboxylic acids is 1. The summed E-state index contributed by atoms with van der Waals surface area (Å²) in [6, 6.07) is 9.90. The van der Waals surface area contributed by atoms with E-state index in [-0.39, 0.29) is 23.2 Å². The van der Waals surface area contributed by atoms with E-state index in [1.807, 2.05) is 6.07 Å². The molecule has 30 heavy (non-hydrogen) atoms. The number of alkyl halides is 2. The van der Waals surface area contributed by atoms with Crippen molar-refractivity contribution < 1.29 is 13.6 Å². The third-order valence-electron chi connectivity index (χ3n) is 3.86. The maximum atomic E-state index is 13.7. The fourth-order valence-corrected chi connectivity index (χ4v) is 2.63. The number of hydrogen-bond acceptors (Lipinski definition) is 7. The molecule has 152 valence electrons. The van der Waals surface area contributed by atoms with E-state index in [9.17, 15) is 13.6 Å². The van der Waals surface area contributed by atoms with Crippen molar-refractivity contribution in [1.82, 2.24) is 19.9 Å². The average Bonchev–Trinajstić information content (AvgIpc) is 2.66. The number of hydrogen-bond donors (Lipinski definition) is 2. The molecule has 0 fully saturated rings. The average molecular weight is 409 g/mol. The largest absolute Gasteiger partial charge is 0.339 e. The second kappa shape index (κ2) is 8.16. The molecule has 1 amide bonds. The first-order valence-electron chi connectivity index (χ1n) is 8.82. The topological polar surface area (TPSA) is 116 Å². The van der Waals surface area contributed by atoms with Gasteiger partial charge in [0.15, 0.2) is 0 Å². The molecule has 0 saturated heterocycles. The molecular formula is C20H17F2N7O. The Morgan fingerprint density at radius 2 is 1.93 bits per heavy atom. The van der Waals surface area contributed by atoms with Crippen LogP contribution in [0.1, 0.15) is 31.1 Å². The highest BCUT2D eigenvalue weighted by molar-refractivity contribution is 5.89. The zero-order valence-electron chi connectivity index (χ0n) is 16.4. The Bertz CT molecular complexity index is 1150. The molecule has 0 saturated carbocycles. The number of nitriles is 1. The Morgan fingerprint density at radius 1 is 1.17 bits per heavy atom. The fourth-order valence-electron chi connectivity index (χ4n) is 2.63. The minimum Gasteiger partial charge on any atom is -0.339 e. The highest BCUT2D eigenvalue weighted by Crippen LogP contribution is 2.31. The van der Waals surface area contributed by atoms with Crippen molar-refractivity contribution in [3.05, 3.63) is 53.7 Å². The van der Waals surface area contributed by atoms with Crippen molar-refractivity contribution in [1.29, 1.82) is 5.26 Å². The fraction of sp³-hybridized carbons (Fsp3) is 0.200. The lowest BCUT2D eigenvalue weighted by Gasteiger charge is -2.15. The predicted octanol–water partition coefficient (Wildman–Crippen LogP) is 3.93. The van der Waals surface area contributed by atoms with Crippen LogP contribution in [0.2, 0.25) is 0 Å². The zero-order valence-corrected chi connectivity index (χ0v) is 16.4. The molecule has 0 aliphatic heterocycles. The van der Waals surface area contributed by atoms with Crippen LogP contribution in [0.15, 0.2) is 36.5 Å². The molecule has 0 spiro atoms. The van der Waals surface area contributed by atoms with Gasteiger partial charge in [-0.1, -0.05) is 6.07 Å². The summed E-state index contributed by atoms with van der Waals surface area (Å²) in [4.78, 5) is 27.5. The Kier molecular flexibility index (Phi) is 5.64. The molecule has 0 atom stereocenters. The highest BCUT2D eigenvalue weighted by Gasteiger charge is 2.29. The summed E-state index contributed by atoms with van der Waals surface area (Å²) in [5, 5.41) is 14.7. The first-order chi connectivity index (χ1) is 14.2. The number of carbonyl (C=O) groups is 1. The van der Waals surface area contributed by atoms with E-state index in [2.05, 4.69) is 30.6 Å². The summed E-state index contributed by atoms with van der Waals surface area (Å²) in [7, 11) is 0. The second-order valence-corrected chi connectivity index (χ2v) is 6.55. The summed E-state index contributed by atoms with van der Waals surface area (Å²) in [5.41, 5.74) is 1.88. The number of rotatable bonds is 5. The first kappa shape index (κ1) is 20.7. The molecule has 0 aliphatic rings. The Balaban J connectivity index is 2.10. The van der Waals surface area contributed by atoms with E-state index in [0.717, 1.165) is 6.92 Å². The Hall–Kier alpha value is -4.00. The molecule has 3 heterocycles. The van der Waals surface area contributed by atoms with Crippen molar-refractivity contribution in [2.24, 2.45) is 0 Å². The number of anilines is 3. The first-order valence-corrected chi connectivity index (χ1v) is 8.82. The number of aromatic nitrogens is 4. The molecule has 0 aliphatic carbocycles. The quantitative estimate of drug-likeness (QED) is 0.656. The van der Waals surface area contributed by atoms with Crippen LogP contribution < -0.4 is 10.6 Å². The normalized spacial score (nSPS) is 10.9. The van der Waals surface area contributed by atoms with Crippen molar-refractivity contribution >= 4 is 23.2 Å². The van der Waals surface area contributed by atoms with Crippen molar-refractivity contribution in [2.45, 2.75) is 26.7 Å². The number of aryl methyl sites for hydroxylation is 1. The van der Waals surface area contributed by atoms with Gasteiger partial charge in [-0.05, 0) is 19.1 Å². The smallest absolute Gasteiger partial charge is 0.303 e. The van der Waals surface area contributed by atoms with Gasteiger partial charge in [0, 0.05) is 43.4 Å². The molecule has 8 nitrogen and oxygen atoms in total. The third kappa shape index (κ3) is 4.88. The lowest BCUT2D eigenvalue weighted by atomic mass is 10.1. The minimum atomic E-state index is -3.21. The van der Waals surface area contributed by atoms with E-state index in [0.29, 0.717) is 22.6 Å². The lowest BCUT2D eigenvalue weighted by molar-refractivity contribution is -0.114. The van der Waals surface area contributed by atoms with E-state index in [1.165, 1.54) is 25.3 Å². The number of nitrogens with one attached hydrogen (secondary N) is 2. The highest BCUT2D eigenvalue weighted by atomic mass is 19.3. The summed E-state index contributed by atoms with van der Waals surface area (Å²) >= 11 is 0. The molecule has 3 rings (SSSR count). The zero-order chi connectivity index (χ0) is 21.9. The van der Waals surface area contributed by atoms with Crippen LogP contribution in [-0.4, -0.2) is 25.8 Å². The molecule has 10 heteroatoms. The molecule has 0 radical (unpaired) electrons. The maximum absolute atomic E-state index is 13.7. The number of nitrogens with zero attached hydrogens (tertiary/aromatic N) is 5. The maximum Gasteiger partial charge on any atom is 0.303 e. The van der Waals surface area contributed by atoms with Crippen LogP contribution in [0.5, 0.6) is 0 Å². The van der Waals surface area contributed by atoms with Crippen molar-refractivity contribution in [2.75, 3.05) is 10.6 Å².